The molecule has 7 heteroatoms. The van der Waals surface area contributed by atoms with E-state index in [0.29, 0.717) is 10.0 Å². The van der Waals surface area contributed by atoms with Gasteiger partial charge in [-0.3, -0.25) is 4.79 Å². The molecule has 1 aromatic rings. The molecule has 0 radical (unpaired) electrons. The van der Waals surface area contributed by atoms with Gasteiger partial charge in [-0.2, -0.15) is 0 Å². The van der Waals surface area contributed by atoms with E-state index in [1.807, 2.05) is 6.92 Å². The van der Waals surface area contributed by atoms with Crippen molar-refractivity contribution in [2.75, 3.05) is 24.7 Å². The minimum absolute atomic E-state index is 0.147. The van der Waals surface area contributed by atoms with Crippen LogP contribution in [0.5, 0.6) is 0 Å². The molecule has 6 nitrogen and oxygen atoms in total. The Kier molecular flexibility index (Phi) is 4.03. The predicted molar refractivity (Wildman–Crippen MR) is 72.0 cm³/mol. The van der Waals surface area contributed by atoms with Gasteiger partial charge >= 0.3 is 0 Å². The second-order valence-corrected chi connectivity index (χ2v) is 5.20. The second kappa shape index (κ2) is 5.53. The summed E-state index contributed by atoms with van der Waals surface area (Å²) >= 11 is 1.26. The number of amides is 1. The summed E-state index contributed by atoms with van der Waals surface area (Å²) in [6.45, 7) is 2.70. The van der Waals surface area contributed by atoms with E-state index in [2.05, 4.69) is 15.6 Å². The molecule has 1 aliphatic rings. The molecule has 2 rings (SSSR count). The molecule has 0 aromatic carbocycles. The maximum Gasteiger partial charge on any atom is 0.265 e. The van der Waals surface area contributed by atoms with Gasteiger partial charge in [0.15, 0.2) is 5.13 Å². The third kappa shape index (κ3) is 2.73. The summed E-state index contributed by atoms with van der Waals surface area (Å²) in [5, 5.41) is 6.47. The minimum Gasteiger partial charge on any atom is -0.382 e. The van der Waals surface area contributed by atoms with Gasteiger partial charge in [0, 0.05) is 19.7 Å². The Morgan fingerprint density at radius 3 is 2.89 bits per heavy atom. The molecule has 1 heterocycles. The van der Waals surface area contributed by atoms with Crippen LogP contribution in [0.4, 0.5) is 10.9 Å². The molecule has 4 N–H and O–H groups in total. The highest BCUT2D eigenvalue weighted by Gasteiger charge is 2.31. The maximum atomic E-state index is 12.0. The number of hydrogen-bond acceptors (Lipinski definition) is 6. The number of nitrogens with zero attached hydrogens (tertiary/aromatic N) is 1. The van der Waals surface area contributed by atoms with E-state index < -0.39 is 0 Å². The molecule has 0 saturated heterocycles. The van der Waals surface area contributed by atoms with Gasteiger partial charge < -0.3 is 21.1 Å². The van der Waals surface area contributed by atoms with E-state index in [9.17, 15) is 4.79 Å². The van der Waals surface area contributed by atoms with E-state index in [-0.39, 0.29) is 23.9 Å². The fourth-order valence-corrected chi connectivity index (χ4v) is 2.65. The number of nitrogens with two attached hydrogens (primary N) is 1. The van der Waals surface area contributed by atoms with E-state index in [1.54, 1.807) is 7.05 Å². The Hall–Kier alpha value is -1.34. The molecule has 18 heavy (non-hydrogen) atoms. The SMILES string of the molecule is CCOC1CC(NC(=O)c2sc(NC)nc2N)C1. The van der Waals surface area contributed by atoms with Crippen LogP contribution in [0.25, 0.3) is 0 Å². The van der Waals surface area contributed by atoms with Crippen LogP contribution in [0.1, 0.15) is 29.4 Å². The molecule has 100 valence electrons. The Morgan fingerprint density at radius 1 is 1.61 bits per heavy atom. The average Bonchev–Trinajstić information content (AvgIpc) is 2.68. The standard InChI is InChI=1S/C11H18N4O2S/c1-3-17-7-4-6(5-7)14-10(16)8-9(12)15-11(13-2)18-8/h6-7H,3-5,12H2,1-2H3,(H,13,15)(H,14,16). The van der Waals surface area contributed by atoms with Gasteiger partial charge in [-0.1, -0.05) is 11.3 Å². The van der Waals surface area contributed by atoms with Crippen LogP contribution in [0.2, 0.25) is 0 Å². The molecular weight excluding hydrogens is 252 g/mol. The number of nitrogens with one attached hydrogen (secondary N) is 2. The van der Waals surface area contributed by atoms with E-state index in [4.69, 9.17) is 10.5 Å². The van der Waals surface area contributed by atoms with E-state index >= 15 is 0 Å². The third-order valence-electron chi connectivity index (χ3n) is 2.91. The van der Waals surface area contributed by atoms with Gasteiger partial charge in [-0.25, -0.2) is 4.98 Å². The quantitative estimate of drug-likeness (QED) is 0.744. The molecule has 1 saturated carbocycles. The number of carbonyl (C=O) groups is 1. The number of rotatable bonds is 5. The average molecular weight is 270 g/mol. The number of aromatic nitrogens is 1. The van der Waals surface area contributed by atoms with E-state index in [0.717, 1.165) is 19.4 Å². The van der Waals surface area contributed by atoms with Gasteiger partial charge in [0.05, 0.1) is 6.10 Å². The summed E-state index contributed by atoms with van der Waals surface area (Å²) in [4.78, 5) is 16.5. The highest BCUT2D eigenvalue weighted by molar-refractivity contribution is 7.18. The highest BCUT2D eigenvalue weighted by atomic mass is 32.1. The lowest BCUT2D eigenvalue weighted by Crippen LogP contribution is -2.47. The minimum atomic E-state index is -0.147. The van der Waals surface area contributed by atoms with Crippen LogP contribution in [-0.2, 0) is 4.74 Å². The molecule has 1 aromatic heterocycles. The Labute approximate surface area is 110 Å². The van der Waals surface area contributed by atoms with Gasteiger partial charge in [-0.05, 0) is 19.8 Å². The lowest BCUT2D eigenvalue weighted by molar-refractivity contribution is -0.00858. The van der Waals surface area contributed by atoms with Gasteiger partial charge in [0.25, 0.3) is 5.91 Å². The molecular formula is C11H18N4O2S. The number of nitrogen functional groups attached to an aromatic ring is 1. The van der Waals surface area contributed by atoms with Crippen molar-refractivity contribution in [3.05, 3.63) is 4.88 Å². The van der Waals surface area contributed by atoms with Gasteiger partial charge in [0.2, 0.25) is 0 Å². The van der Waals surface area contributed by atoms with E-state index in [1.165, 1.54) is 11.3 Å². The smallest absolute Gasteiger partial charge is 0.265 e. The maximum absolute atomic E-state index is 12.0. The van der Waals surface area contributed by atoms with Crippen molar-refractivity contribution < 1.29 is 9.53 Å². The van der Waals surface area contributed by atoms with Gasteiger partial charge in [-0.15, -0.1) is 0 Å². The van der Waals surface area contributed by atoms with Crippen LogP contribution in [0.3, 0.4) is 0 Å². The zero-order valence-electron chi connectivity index (χ0n) is 10.5. The molecule has 1 aliphatic carbocycles. The van der Waals surface area contributed by atoms with Gasteiger partial charge in [0.1, 0.15) is 10.7 Å². The lowest BCUT2D eigenvalue weighted by Gasteiger charge is -2.35. The number of carbonyl (C=O) groups excluding carboxylic acids is 1. The molecule has 0 unspecified atom stereocenters. The zero-order valence-corrected chi connectivity index (χ0v) is 11.3. The molecule has 0 spiro atoms. The Bertz CT molecular complexity index is 429. The molecule has 0 bridgehead atoms. The summed E-state index contributed by atoms with van der Waals surface area (Å²) in [7, 11) is 1.75. The molecule has 0 atom stereocenters. The topological polar surface area (TPSA) is 89.3 Å². The number of ether oxygens (including phenoxy) is 1. The van der Waals surface area contributed by atoms with Crippen molar-refractivity contribution in [1.29, 1.82) is 0 Å². The van der Waals surface area contributed by atoms with Crippen molar-refractivity contribution in [3.8, 4) is 0 Å². The number of hydrogen-bond donors (Lipinski definition) is 3. The van der Waals surface area contributed by atoms with Crippen molar-refractivity contribution in [3.63, 3.8) is 0 Å². The largest absolute Gasteiger partial charge is 0.382 e. The molecule has 0 aliphatic heterocycles. The third-order valence-corrected chi connectivity index (χ3v) is 3.99. The fourth-order valence-electron chi connectivity index (χ4n) is 1.91. The summed E-state index contributed by atoms with van der Waals surface area (Å²) in [5.74, 6) is 0.133. The first-order chi connectivity index (χ1) is 8.63. The number of anilines is 2. The monoisotopic (exact) mass is 270 g/mol. The zero-order chi connectivity index (χ0) is 13.1. The Balaban J connectivity index is 1.87. The lowest BCUT2D eigenvalue weighted by atomic mass is 9.89. The Morgan fingerprint density at radius 2 is 2.33 bits per heavy atom. The normalized spacial score (nSPS) is 22.3. The summed E-state index contributed by atoms with van der Waals surface area (Å²) < 4.78 is 5.44. The second-order valence-electron chi connectivity index (χ2n) is 4.20. The van der Waals surface area contributed by atoms with Crippen molar-refractivity contribution in [2.45, 2.75) is 31.9 Å². The van der Waals surface area contributed by atoms with Crippen molar-refractivity contribution in [2.24, 2.45) is 0 Å². The first-order valence-electron chi connectivity index (χ1n) is 6.00. The summed E-state index contributed by atoms with van der Waals surface area (Å²) in [6, 6.07) is 0.189. The van der Waals surface area contributed by atoms with Crippen LogP contribution in [0, 0.1) is 0 Å². The summed E-state index contributed by atoms with van der Waals surface area (Å²) in [6.07, 6.45) is 2.03. The van der Waals surface area contributed by atoms with Crippen molar-refractivity contribution in [1.82, 2.24) is 10.3 Å². The molecule has 1 amide bonds. The van der Waals surface area contributed by atoms with Crippen LogP contribution in [-0.4, -0.2) is 36.7 Å². The molecule has 1 fully saturated rings. The summed E-state index contributed by atoms with van der Waals surface area (Å²) in [5.41, 5.74) is 5.70. The fraction of sp³-hybridized carbons (Fsp3) is 0.636. The highest BCUT2D eigenvalue weighted by Crippen LogP contribution is 2.27. The predicted octanol–water partition coefficient (Wildman–Crippen LogP) is 1.06. The van der Waals surface area contributed by atoms with Crippen LogP contribution >= 0.6 is 11.3 Å². The first-order valence-corrected chi connectivity index (χ1v) is 6.82. The van der Waals surface area contributed by atoms with Crippen molar-refractivity contribution >= 4 is 28.2 Å². The number of thiazole rings is 1. The van der Waals surface area contributed by atoms with Crippen LogP contribution < -0.4 is 16.4 Å². The van der Waals surface area contributed by atoms with Crippen LogP contribution in [0.15, 0.2) is 0 Å². The first kappa shape index (κ1) is 13.1.